The van der Waals surface area contributed by atoms with Crippen LogP contribution in [0.1, 0.15) is 17.5 Å². The van der Waals surface area contributed by atoms with E-state index in [0.29, 0.717) is 0 Å². The molecule has 1 aliphatic rings. The van der Waals surface area contributed by atoms with Gasteiger partial charge >= 0.3 is 0 Å². The van der Waals surface area contributed by atoms with Crippen LogP contribution in [0.15, 0.2) is 41.2 Å². The molecule has 1 aromatic heterocycles. The summed E-state index contributed by atoms with van der Waals surface area (Å²) in [5, 5.41) is 25.2. The van der Waals surface area contributed by atoms with Gasteiger partial charge in [-0.25, -0.2) is 0 Å². The molecule has 2 heterocycles. The third-order valence-corrected chi connectivity index (χ3v) is 3.44. The van der Waals surface area contributed by atoms with Gasteiger partial charge in [0.15, 0.2) is 0 Å². The maximum Gasteiger partial charge on any atom is 0.290 e. The summed E-state index contributed by atoms with van der Waals surface area (Å²) in [5.41, 5.74) is 2.40. The Morgan fingerprint density at radius 3 is 2.44 bits per heavy atom. The van der Waals surface area contributed by atoms with Gasteiger partial charge in [-0.1, -0.05) is 22.9 Å². The summed E-state index contributed by atoms with van der Waals surface area (Å²) in [6.45, 7) is 4.56. The number of aromatic nitrogens is 1. The molecule has 0 amide bonds. The fourth-order valence-corrected chi connectivity index (χ4v) is 1.93. The van der Waals surface area contributed by atoms with Crippen molar-refractivity contribution < 1.29 is 24.3 Å². The summed E-state index contributed by atoms with van der Waals surface area (Å²) in [6, 6.07) is 7.96. The maximum absolute atomic E-state index is 8.67. The first-order valence-electron chi connectivity index (χ1n) is 8.67. The maximum atomic E-state index is 8.67. The van der Waals surface area contributed by atoms with Crippen LogP contribution in [0.4, 0.5) is 0 Å². The van der Waals surface area contributed by atoms with Gasteiger partial charge in [-0.15, -0.1) is 0 Å². The van der Waals surface area contributed by atoms with Crippen LogP contribution >= 0.6 is 0 Å². The van der Waals surface area contributed by atoms with Gasteiger partial charge in [0.2, 0.25) is 0 Å². The minimum atomic E-state index is -0.250. The third kappa shape index (κ3) is 14.4. The number of β-amino-alcohol motifs (C(OH)–C–C–N with tert-alkyl or cyclic N) is 1. The molecule has 1 unspecified atom stereocenters. The summed E-state index contributed by atoms with van der Waals surface area (Å²) < 4.78 is 9.60. The number of aliphatic hydroxyl groups excluding tert-OH is 1. The predicted molar refractivity (Wildman–Crippen MR) is 104 cm³/mol. The van der Waals surface area contributed by atoms with Crippen molar-refractivity contribution in [2.45, 2.75) is 25.9 Å². The van der Waals surface area contributed by atoms with Crippen LogP contribution < -0.4 is 15.4 Å². The summed E-state index contributed by atoms with van der Waals surface area (Å²) >= 11 is 0. The number of likely N-dealkylation sites (N-methyl/N-ethyl adjacent to an activating group) is 1. The number of nitrogens with zero attached hydrogens (tertiary/aromatic N) is 1. The molecule has 1 aromatic carbocycles. The zero-order valence-electron chi connectivity index (χ0n) is 16.2. The number of rotatable bonds is 4. The van der Waals surface area contributed by atoms with E-state index in [4.69, 9.17) is 19.7 Å². The van der Waals surface area contributed by atoms with Gasteiger partial charge in [0, 0.05) is 12.1 Å². The molecular weight excluding hydrogens is 350 g/mol. The van der Waals surface area contributed by atoms with Crippen molar-refractivity contribution in [2.24, 2.45) is 0 Å². The Morgan fingerprint density at radius 2 is 2.07 bits per heavy atom. The summed E-state index contributed by atoms with van der Waals surface area (Å²) in [6.07, 6.45) is 5.25. The van der Waals surface area contributed by atoms with E-state index < -0.39 is 0 Å². The van der Waals surface area contributed by atoms with Crippen LogP contribution in [0.2, 0.25) is 0 Å². The number of aliphatic hydroxyl groups is 1. The van der Waals surface area contributed by atoms with E-state index in [2.05, 4.69) is 27.2 Å². The normalized spacial score (nSPS) is 14.4. The molecule has 1 aliphatic heterocycles. The summed E-state index contributed by atoms with van der Waals surface area (Å²) in [7, 11) is 3.60. The van der Waals surface area contributed by atoms with Gasteiger partial charge in [-0.3, -0.25) is 4.79 Å². The lowest BCUT2D eigenvalue weighted by atomic mass is 10.2. The van der Waals surface area contributed by atoms with Crippen molar-refractivity contribution >= 4 is 6.47 Å². The highest BCUT2D eigenvalue weighted by Crippen LogP contribution is 2.09. The monoisotopic (exact) mass is 381 g/mol. The number of methoxy groups -OCH3 is 1. The number of hydrogen-bond donors (Lipinski definition) is 4. The van der Waals surface area contributed by atoms with Crippen molar-refractivity contribution in [3.05, 3.63) is 47.9 Å². The van der Waals surface area contributed by atoms with Crippen molar-refractivity contribution in [1.29, 1.82) is 0 Å². The Bertz CT molecular complexity index is 555. The molecule has 0 bridgehead atoms. The van der Waals surface area contributed by atoms with Gasteiger partial charge in [0.25, 0.3) is 6.47 Å². The number of aryl methyl sites for hydroxylation is 1. The standard InChI is InChI=1S/C8H10O.C6H10N2O.C4H9NO.CH2O2/c1-7-3-5-8(9-2)6-4-7;1-7-3-2-6-4-8-9-5-6;6-4-1-2-5-3-4;2-1-3/h3-6H,1-2H3;4-5,7H,2-3H2,1H3;4-6H,1-3H2;1H,(H,2,3). The van der Waals surface area contributed by atoms with Gasteiger partial charge < -0.3 is 30.1 Å². The Morgan fingerprint density at radius 1 is 1.41 bits per heavy atom. The Kier molecular flexibility index (Phi) is 15.5. The van der Waals surface area contributed by atoms with Crippen molar-refractivity contribution in [3.8, 4) is 5.75 Å². The van der Waals surface area contributed by atoms with Crippen LogP contribution in [-0.2, 0) is 11.2 Å². The summed E-state index contributed by atoms with van der Waals surface area (Å²) in [4.78, 5) is 8.36. The van der Waals surface area contributed by atoms with E-state index in [1.54, 1.807) is 19.6 Å². The molecule has 2 aromatic rings. The van der Waals surface area contributed by atoms with Gasteiger partial charge in [0.1, 0.15) is 12.0 Å². The van der Waals surface area contributed by atoms with Gasteiger partial charge in [-0.05, 0) is 52.0 Å². The average molecular weight is 381 g/mol. The van der Waals surface area contributed by atoms with Crippen LogP contribution in [0.3, 0.4) is 0 Å². The molecule has 0 spiro atoms. The predicted octanol–water partition coefficient (Wildman–Crippen LogP) is 1.48. The largest absolute Gasteiger partial charge is 0.497 e. The van der Waals surface area contributed by atoms with E-state index in [1.807, 2.05) is 31.3 Å². The summed E-state index contributed by atoms with van der Waals surface area (Å²) in [5.74, 6) is 0.917. The number of carbonyl (C=O) groups is 1. The first-order chi connectivity index (χ1) is 13.1. The Hall–Kier alpha value is -2.42. The first-order valence-corrected chi connectivity index (χ1v) is 8.67. The highest BCUT2D eigenvalue weighted by atomic mass is 16.5. The number of hydrogen-bond acceptors (Lipinski definition) is 7. The average Bonchev–Trinajstić information content (AvgIpc) is 3.36. The number of benzene rings is 1. The van der Waals surface area contributed by atoms with Crippen LogP contribution in [-0.4, -0.2) is 61.7 Å². The SMILES string of the molecule is CNCCc1cnoc1.COc1ccc(C)cc1.O=CO.OC1CCNC1. The topological polar surface area (TPSA) is 117 Å². The minimum absolute atomic E-state index is 0.0648. The third-order valence-electron chi connectivity index (χ3n) is 3.44. The molecule has 3 rings (SSSR count). The number of nitrogens with one attached hydrogen (secondary N) is 2. The lowest BCUT2D eigenvalue weighted by Gasteiger charge is -1.97. The highest BCUT2D eigenvalue weighted by molar-refractivity contribution is 5.32. The van der Waals surface area contributed by atoms with Crippen molar-refractivity contribution in [2.75, 3.05) is 33.8 Å². The molecule has 8 nitrogen and oxygen atoms in total. The smallest absolute Gasteiger partial charge is 0.290 e. The fraction of sp³-hybridized carbons (Fsp3) is 0.474. The zero-order chi connectivity index (χ0) is 20.3. The van der Waals surface area contributed by atoms with Crippen LogP contribution in [0.25, 0.3) is 0 Å². The van der Waals surface area contributed by atoms with Crippen LogP contribution in [0, 0.1) is 6.92 Å². The van der Waals surface area contributed by atoms with Crippen molar-refractivity contribution in [3.63, 3.8) is 0 Å². The molecule has 1 fully saturated rings. The first kappa shape index (κ1) is 24.6. The van der Waals surface area contributed by atoms with E-state index in [9.17, 15) is 0 Å². The quantitative estimate of drug-likeness (QED) is 0.589. The minimum Gasteiger partial charge on any atom is -0.497 e. The second-order valence-corrected chi connectivity index (χ2v) is 5.66. The molecule has 4 N–H and O–H groups in total. The molecule has 0 aliphatic carbocycles. The second-order valence-electron chi connectivity index (χ2n) is 5.66. The Balaban J connectivity index is 0.000000356. The fourth-order valence-electron chi connectivity index (χ4n) is 1.93. The molecule has 0 radical (unpaired) electrons. The molecule has 8 heteroatoms. The molecule has 1 atom stereocenters. The van der Waals surface area contributed by atoms with E-state index >= 15 is 0 Å². The van der Waals surface area contributed by atoms with Crippen molar-refractivity contribution in [1.82, 2.24) is 15.8 Å². The van der Waals surface area contributed by atoms with Gasteiger partial charge in [0.05, 0.1) is 19.4 Å². The van der Waals surface area contributed by atoms with E-state index in [1.165, 1.54) is 5.56 Å². The molecule has 27 heavy (non-hydrogen) atoms. The highest BCUT2D eigenvalue weighted by Gasteiger charge is 2.08. The second kappa shape index (κ2) is 17.0. The number of carboxylic acid groups (broad SMARTS) is 1. The Labute approximate surface area is 160 Å². The van der Waals surface area contributed by atoms with Gasteiger partial charge in [-0.2, -0.15) is 0 Å². The molecular formula is C19H31N3O5. The van der Waals surface area contributed by atoms with E-state index in [-0.39, 0.29) is 12.6 Å². The molecule has 1 saturated heterocycles. The lowest BCUT2D eigenvalue weighted by molar-refractivity contribution is -0.122. The number of ether oxygens (including phenoxy) is 1. The van der Waals surface area contributed by atoms with E-state index in [0.717, 1.165) is 43.8 Å². The van der Waals surface area contributed by atoms with Crippen LogP contribution in [0.5, 0.6) is 5.75 Å². The molecule has 152 valence electrons. The molecule has 0 saturated carbocycles. The lowest BCUT2D eigenvalue weighted by Crippen LogP contribution is -2.11. The zero-order valence-corrected chi connectivity index (χ0v) is 16.2.